The second-order valence-electron chi connectivity index (χ2n) is 7.30. The normalized spacial score (nSPS) is 13.8. The Labute approximate surface area is 171 Å². The van der Waals surface area contributed by atoms with Crippen molar-refractivity contribution in [3.05, 3.63) is 66.2 Å². The summed E-state index contributed by atoms with van der Waals surface area (Å²) in [6, 6.07) is 19.1. The van der Waals surface area contributed by atoms with E-state index >= 15 is 0 Å². The van der Waals surface area contributed by atoms with Gasteiger partial charge >= 0.3 is 6.03 Å². The van der Waals surface area contributed by atoms with Crippen molar-refractivity contribution in [1.29, 1.82) is 0 Å². The average Bonchev–Trinajstić information content (AvgIpc) is 2.76. The predicted octanol–water partition coefficient (Wildman–Crippen LogP) is 5.09. The minimum Gasteiger partial charge on any atom is -0.355 e. The van der Waals surface area contributed by atoms with Gasteiger partial charge in [-0.2, -0.15) is 0 Å². The van der Waals surface area contributed by atoms with Crippen molar-refractivity contribution < 1.29 is 4.79 Å². The Hall–Kier alpha value is -3.41. The topological polar surface area (TPSA) is 70.2 Å². The molecule has 29 heavy (non-hydrogen) atoms. The number of piperidine rings is 1. The molecule has 1 aliphatic rings. The molecule has 1 saturated heterocycles. The highest BCUT2D eigenvalue weighted by Crippen LogP contribution is 2.23. The minimum absolute atomic E-state index is 0.275. The number of nitrogens with zero attached hydrogens (tertiary/aromatic N) is 3. The molecule has 6 heteroatoms. The van der Waals surface area contributed by atoms with E-state index in [9.17, 15) is 4.79 Å². The Bertz CT molecular complexity index is 981. The highest BCUT2D eigenvalue weighted by Gasteiger charge is 2.13. The molecule has 2 heterocycles. The van der Waals surface area contributed by atoms with Crippen LogP contribution in [0.2, 0.25) is 0 Å². The van der Waals surface area contributed by atoms with Crippen molar-refractivity contribution in [1.82, 2.24) is 10.2 Å². The molecule has 1 aromatic heterocycles. The lowest BCUT2D eigenvalue weighted by Gasteiger charge is -2.27. The van der Waals surface area contributed by atoms with Gasteiger partial charge in [0, 0.05) is 30.0 Å². The van der Waals surface area contributed by atoms with Gasteiger partial charge in [0.1, 0.15) is 0 Å². The molecule has 1 fully saturated rings. The Morgan fingerprint density at radius 3 is 2.48 bits per heavy atom. The first-order valence-corrected chi connectivity index (χ1v) is 10.0. The average molecular weight is 387 g/mol. The van der Waals surface area contributed by atoms with Crippen LogP contribution in [0.4, 0.5) is 22.0 Å². The smallest absolute Gasteiger partial charge is 0.323 e. The van der Waals surface area contributed by atoms with E-state index in [4.69, 9.17) is 0 Å². The molecule has 2 N–H and O–H groups in total. The molecule has 0 saturated carbocycles. The van der Waals surface area contributed by atoms with Crippen molar-refractivity contribution in [2.75, 3.05) is 28.6 Å². The van der Waals surface area contributed by atoms with E-state index in [0.29, 0.717) is 5.69 Å². The third-order valence-electron chi connectivity index (χ3n) is 5.14. The lowest BCUT2D eigenvalue weighted by molar-refractivity contribution is 0.262. The molecular weight excluding hydrogens is 362 g/mol. The number of para-hydroxylation sites is 1. The maximum atomic E-state index is 12.3. The lowest BCUT2D eigenvalue weighted by atomic mass is 10.1. The number of carbonyl (C=O) groups excluding carboxylic acids is 1. The molecule has 6 nitrogen and oxygen atoms in total. The third-order valence-corrected chi connectivity index (χ3v) is 5.14. The summed E-state index contributed by atoms with van der Waals surface area (Å²) < 4.78 is 0. The molecule has 1 aliphatic heterocycles. The maximum absolute atomic E-state index is 12.3. The van der Waals surface area contributed by atoms with Crippen LogP contribution in [0.1, 0.15) is 24.8 Å². The summed E-state index contributed by atoms with van der Waals surface area (Å²) in [5.74, 6) is 0.931. The summed E-state index contributed by atoms with van der Waals surface area (Å²) in [4.78, 5) is 14.6. The van der Waals surface area contributed by atoms with Gasteiger partial charge in [-0.05, 0) is 62.1 Å². The van der Waals surface area contributed by atoms with Gasteiger partial charge in [-0.1, -0.05) is 30.3 Å². The predicted molar refractivity (Wildman–Crippen MR) is 117 cm³/mol. The Balaban J connectivity index is 1.44. The first-order valence-electron chi connectivity index (χ1n) is 10.0. The van der Waals surface area contributed by atoms with Crippen LogP contribution in [0.3, 0.4) is 0 Å². The molecule has 148 valence electrons. The zero-order valence-electron chi connectivity index (χ0n) is 16.6. The van der Waals surface area contributed by atoms with E-state index < -0.39 is 0 Å². The van der Waals surface area contributed by atoms with Gasteiger partial charge < -0.3 is 15.5 Å². The van der Waals surface area contributed by atoms with Crippen LogP contribution in [0, 0.1) is 6.92 Å². The first-order chi connectivity index (χ1) is 14.2. The van der Waals surface area contributed by atoms with Crippen LogP contribution in [-0.4, -0.2) is 29.3 Å². The summed E-state index contributed by atoms with van der Waals surface area (Å²) >= 11 is 0. The van der Waals surface area contributed by atoms with Crippen molar-refractivity contribution in [2.45, 2.75) is 26.2 Å². The van der Waals surface area contributed by atoms with Crippen LogP contribution >= 0.6 is 0 Å². The van der Waals surface area contributed by atoms with Crippen molar-refractivity contribution >= 4 is 23.2 Å². The summed E-state index contributed by atoms with van der Waals surface area (Å²) in [5.41, 5.74) is 4.21. The minimum atomic E-state index is -0.275. The number of nitrogens with one attached hydrogen (secondary N) is 2. The van der Waals surface area contributed by atoms with Gasteiger partial charge in [0.25, 0.3) is 0 Å². The SMILES string of the molecule is Cc1ccccc1NC(=O)Nc1cccc(-c2ccc(N3CCCCC3)nn2)c1. The van der Waals surface area contributed by atoms with E-state index in [0.717, 1.165) is 41.4 Å². The number of rotatable bonds is 4. The van der Waals surface area contributed by atoms with Gasteiger partial charge in [-0.15, -0.1) is 10.2 Å². The quantitative estimate of drug-likeness (QED) is 0.654. The van der Waals surface area contributed by atoms with Crippen molar-refractivity contribution in [3.8, 4) is 11.3 Å². The molecule has 2 amide bonds. The highest BCUT2D eigenvalue weighted by atomic mass is 16.2. The first kappa shape index (κ1) is 18.9. The molecule has 2 aromatic carbocycles. The molecule has 0 spiro atoms. The number of benzene rings is 2. The van der Waals surface area contributed by atoms with E-state index in [1.165, 1.54) is 19.3 Å². The fourth-order valence-electron chi connectivity index (χ4n) is 3.52. The van der Waals surface area contributed by atoms with Gasteiger partial charge in [-0.3, -0.25) is 0 Å². The Kier molecular flexibility index (Phi) is 5.70. The summed E-state index contributed by atoms with van der Waals surface area (Å²) in [7, 11) is 0. The van der Waals surface area contributed by atoms with E-state index in [1.807, 2.05) is 67.6 Å². The molecule has 0 unspecified atom stereocenters. The molecule has 0 bridgehead atoms. The van der Waals surface area contributed by atoms with Crippen LogP contribution in [-0.2, 0) is 0 Å². The van der Waals surface area contributed by atoms with Gasteiger partial charge in [-0.25, -0.2) is 4.79 Å². The van der Waals surface area contributed by atoms with Crippen LogP contribution in [0.25, 0.3) is 11.3 Å². The number of anilines is 3. The number of carbonyl (C=O) groups is 1. The van der Waals surface area contributed by atoms with Crippen LogP contribution < -0.4 is 15.5 Å². The number of hydrogen-bond donors (Lipinski definition) is 2. The van der Waals surface area contributed by atoms with Crippen LogP contribution in [0.5, 0.6) is 0 Å². The number of hydrogen-bond acceptors (Lipinski definition) is 4. The van der Waals surface area contributed by atoms with E-state index in [1.54, 1.807) is 0 Å². The van der Waals surface area contributed by atoms with Gasteiger partial charge in [0.15, 0.2) is 5.82 Å². The number of amides is 2. The molecule has 0 radical (unpaired) electrons. The fourth-order valence-corrected chi connectivity index (χ4v) is 3.52. The van der Waals surface area contributed by atoms with Crippen LogP contribution in [0.15, 0.2) is 60.7 Å². The largest absolute Gasteiger partial charge is 0.355 e. The summed E-state index contributed by atoms with van der Waals surface area (Å²) in [6.45, 7) is 4.05. The second kappa shape index (κ2) is 8.73. The van der Waals surface area contributed by atoms with Gasteiger partial charge in [0.2, 0.25) is 0 Å². The summed E-state index contributed by atoms with van der Waals surface area (Å²) in [6.07, 6.45) is 3.71. The lowest BCUT2D eigenvalue weighted by Crippen LogP contribution is -2.30. The molecule has 0 atom stereocenters. The third kappa shape index (κ3) is 4.71. The fraction of sp³-hybridized carbons (Fsp3) is 0.261. The highest BCUT2D eigenvalue weighted by molar-refractivity contribution is 6.00. The maximum Gasteiger partial charge on any atom is 0.323 e. The molecule has 4 rings (SSSR count). The number of urea groups is 1. The summed E-state index contributed by atoms with van der Waals surface area (Å²) in [5, 5.41) is 14.6. The van der Waals surface area contributed by atoms with Crippen molar-refractivity contribution in [2.24, 2.45) is 0 Å². The van der Waals surface area contributed by atoms with E-state index in [-0.39, 0.29) is 6.03 Å². The second-order valence-corrected chi connectivity index (χ2v) is 7.30. The Morgan fingerprint density at radius 1 is 0.897 bits per heavy atom. The molecule has 0 aliphatic carbocycles. The van der Waals surface area contributed by atoms with Gasteiger partial charge in [0.05, 0.1) is 5.69 Å². The van der Waals surface area contributed by atoms with Crippen molar-refractivity contribution in [3.63, 3.8) is 0 Å². The monoisotopic (exact) mass is 387 g/mol. The zero-order valence-corrected chi connectivity index (χ0v) is 16.6. The zero-order chi connectivity index (χ0) is 20.1. The molecular formula is C23H25N5O. The Morgan fingerprint density at radius 2 is 1.72 bits per heavy atom. The molecule has 3 aromatic rings. The standard InChI is InChI=1S/C23H25N5O/c1-17-8-3-4-11-20(17)25-23(29)24-19-10-7-9-18(16-19)21-12-13-22(27-26-21)28-14-5-2-6-15-28/h3-4,7-13,16H,2,5-6,14-15H2,1H3,(H2,24,25,29). The number of aryl methyl sites for hydroxylation is 1. The van der Waals surface area contributed by atoms with E-state index in [2.05, 4.69) is 25.7 Å². The number of aromatic nitrogens is 2.